The van der Waals surface area contributed by atoms with Crippen LogP contribution in [-0.2, 0) is 17.8 Å². The number of nitrogens with one attached hydrogen (secondary N) is 1. The quantitative estimate of drug-likeness (QED) is 0.573. The fourth-order valence-electron chi connectivity index (χ4n) is 4.40. The van der Waals surface area contributed by atoms with Crippen LogP contribution < -0.4 is 10.9 Å². The molecule has 0 unspecified atom stereocenters. The molecule has 0 spiro atoms. The van der Waals surface area contributed by atoms with Crippen LogP contribution in [0.3, 0.4) is 0 Å². The number of rotatable bonds is 6. The van der Waals surface area contributed by atoms with Crippen molar-refractivity contribution < 1.29 is 9.90 Å². The molecular weight excluding hydrogens is 412 g/mol. The average Bonchev–Trinajstić information content (AvgIpc) is 2.76. The molecule has 2 N–H and O–H groups in total. The first kappa shape index (κ1) is 21.6. The van der Waals surface area contributed by atoms with E-state index in [0.717, 1.165) is 37.7 Å². The zero-order valence-electron chi connectivity index (χ0n) is 17.4. The summed E-state index contributed by atoms with van der Waals surface area (Å²) in [5.74, 6) is -0.131. The van der Waals surface area contributed by atoms with Crippen LogP contribution in [0, 0.1) is 0 Å². The summed E-state index contributed by atoms with van der Waals surface area (Å²) < 4.78 is 1.59. The molecule has 4 rings (SSSR count). The molecular formula is C25H27ClN2O3. The van der Waals surface area contributed by atoms with Crippen LogP contribution in [0.1, 0.15) is 44.1 Å². The molecule has 3 aromatic rings. The topological polar surface area (TPSA) is 71.3 Å². The summed E-state index contributed by atoms with van der Waals surface area (Å²) in [6, 6.07) is 14.7. The van der Waals surface area contributed by atoms with Gasteiger partial charge in [-0.1, -0.05) is 55.1 Å². The molecule has 1 amide bonds. The first-order valence-electron chi connectivity index (χ1n) is 10.8. The zero-order chi connectivity index (χ0) is 21.8. The van der Waals surface area contributed by atoms with E-state index in [-0.39, 0.29) is 11.5 Å². The van der Waals surface area contributed by atoms with Crippen LogP contribution in [0.15, 0.2) is 59.5 Å². The van der Waals surface area contributed by atoms with Gasteiger partial charge in [-0.2, -0.15) is 0 Å². The molecule has 5 nitrogen and oxygen atoms in total. The molecule has 1 heterocycles. The van der Waals surface area contributed by atoms with Crippen molar-refractivity contribution in [3.63, 3.8) is 0 Å². The third-order valence-corrected chi connectivity index (χ3v) is 6.49. The SMILES string of the molecule is O=C(CCc1ccccc1Cl)Nc1cccc2c(=O)n(CC3(O)CCCCC3)ccc12. The Hall–Kier alpha value is -2.63. The van der Waals surface area contributed by atoms with E-state index < -0.39 is 5.60 Å². The minimum absolute atomic E-state index is 0.131. The largest absolute Gasteiger partial charge is 0.388 e. The monoisotopic (exact) mass is 438 g/mol. The van der Waals surface area contributed by atoms with Gasteiger partial charge >= 0.3 is 0 Å². The van der Waals surface area contributed by atoms with E-state index in [1.165, 1.54) is 0 Å². The van der Waals surface area contributed by atoms with Gasteiger partial charge in [0.2, 0.25) is 5.91 Å². The van der Waals surface area contributed by atoms with Gasteiger partial charge in [0.25, 0.3) is 5.56 Å². The molecule has 6 heteroatoms. The van der Waals surface area contributed by atoms with Crippen molar-refractivity contribution in [3.05, 3.63) is 75.7 Å². The number of hydrogen-bond acceptors (Lipinski definition) is 3. The lowest BCUT2D eigenvalue weighted by atomic mass is 9.85. The van der Waals surface area contributed by atoms with E-state index in [1.807, 2.05) is 30.3 Å². The fraction of sp³-hybridized carbons (Fsp3) is 0.360. The molecule has 0 saturated heterocycles. The number of anilines is 1. The van der Waals surface area contributed by atoms with E-state index >= 15 is 0 Å². The van der Waals surface area contributed by atoms with Crippen LogP contribution in [0.25, 0.3) is 10.8 Å². The number of aryl methyl sites for hydroxylation is 1. The summed E-state index contributed by atoms with van der Waals surface area (Å²) in [7, 11) is 0. The van der Waals surface area contributed by atoms with E-state index in [2.05, 4.69) is 5.32 Å². The van der Waals surface area contributed by atoms with Gasteiger partial charge in [0.05, 0.1) is 12.1 Å². The molecule has 2 aromatic carbocycles. The van der Waals surface area contributed by atoms with Crippen LogP contribution in [0.2, 0.25) is 5.02 Å². The first-order valence-corrected chi connectivity index (χ1v) is 11.2. The van der Waals surface area contributed by atoms with E-state index in [1.54, 1.807) is 29.0 Å². The summed E-state index contributed by atoms with van der Waals surface area (Å²) in [6.07, 6.45) is 7.11. The van der Waals surface area contributed by atoms with Gasteiger partial charge < -0.3 is 15.0 Å². The zero-order valence-corrected chi connectivity index (χ0v) is 18.2. The Balaban J connectivity index is 1.51. The van der Waals surface area contributed by atoms with Gasteiger partial charge in [0, 0.05) is 34.1 Å². The van der Waals surface area contributed by atoms with Crippen LogP contribution >= 0.6 is 11.6 Å². The smallest absolute Gasteiger partial charge is 0.258 e. The third kappa shape index (κ3) is 5.00. The number of carbonyl (C=O) groups is 1. The van der Waals surface area contributed by atoms with Crippen LogP contribution in [0.4, 0.5) is 5.69 Å². The van der Waals surface area contributed by atoms with Gasteiger partial charge in [-0.05, 0) is 49.1 Å². The normalized spacial score (nSPS) is 15.7. The Labute approximate surface area is 186 Å². The second kappa shape index (κ2) is 9.25. The maximum Gasteiger partial charge on any atom is 0.258 e. The summed E-state index contributed by atoms with van der Waals surface area (Å²) in [6.45, 7) is 0.302. The number of fused-ring (bicyclic) bond motifs is 1. The van der Waals surface area contributed by atoms with Crippen molar-refractivity contribution in [2.75, 3.05) is 5.32 Å². The van der Waals surface area contributed by atoms with Gasteiger partial charge in [0.15, 0.2) is 0 Å². The number of pyridine rings is 1. The Morgan fingerprint density at radius 1 is 1.03 bits per heavy atom. The molecule has 1 fully saturated rings. The van der Waals surface area contributed by atoms with E-state index in [9.17, 15) is 14.7 Å². The minimum atomic E-state index is -0.819. The minimum Gasteiger partial charge on any atom is -0.388 e. The highest BCUT2D eigenvalue weighted by Crippen LogP contribution is 2.29. The third-order valence-electron chi connectivity index (χ3n) is 6.12. The highest BCUT2D eigenvalue weighted by Gasteiger charge is 2.30. The Kier molecular flexibility index (Phi) is 6.44. The molecule has 0 atom stereocenters. The predicted octanol–water partition coefficient (Wildman–Crippen LogP) is 4.92. The maximum atomic E-state index is 13.1. The lowest BCUT2D eigenvalue weighted by Gasteiger charge is -2.32. The number of halogens is 1. The predicted molar refractivity (Wildman–Crippen MR) is 125 cm³/mol. The lowest BCUT2D eigenvalue weighted by Crippen LogP contribution is -2.39. The van der Waals surface area contributed by atoms with Crippen LogP contribution in [-0.4, -0.2) is 21.2 Å². The van der Waals surface area contributed by atoms with Crippen molar-refractivity contribution in [3.8, 4) is 0 Å². The summed E-state index contributed by atoms with van der Waals surface area (Å²) >= 11 is 6.17. The van der Waals surface area contributed by atoms with Crippen LogP contribution in [0.5, 0.6) is 0 Å². The standard InChI is InChI=1S/C25H27ClN2O3/c26-21-9-3-2-7-18(21)11-12-23(29)27-22-10-6-8-20-19(22)13-16-28(24(20)30)17-25(31)14-4-1-5-15-25/h2-3,6-10,13,16,31H,1,4-5,11-12,14-15,17H2,(H,27,29). The first-order chi connectivity index (χ1) is 15.0. The highest BCUT2D eigenvalue weighted by molar-refractivity contribution is 6.31. The molecule has 1 saturated carbocycles. The number of carbonyl (C=O) groups excluding carboxylic acids is 1. The maximum absolute atomic E-state index is 13.1. The van der Waals surface area contributed by atoms with Gasteiger partial charge in [0.1, 0.15) is 0 Å². The summed E-state index contributed by atoms with van der Waals surface area (Å²) in [5, 5.41) is 15.7. The molecule has 1 aliphatic carbocycles. The van der Waals surface area contributed by atoms with E-state index in [0.29, 0.717) is 40.9 Å². The number of benzene rings is 2. The van der Waals surface area contributed by atoms with Crippen molar-refractivity contribution in [2.24, 2.45) is 0 Å². The Morgan fingerprint density at radius 3 is 2.58 bits per heavy atom. The number of aliphatic hydroxyl groups is 1. The average molecular weight is 439 g/mol. The molecule has 0 radical (unpaired) electrons. The molecule has 1 aliphatic rings. The summed E-state index contributed by atoms with van der Waals surface area (Å²) in [4.78, 5) is 25.6. The van der Waals surface area contributed by atoms with Crippen molar-refractivity contribution >= 4 is 34.0 Å². The Bertz CT molecular complexity index is 1150. The van der Waals surface area contributed by atoms with Crippen molar-refractivity contribution in [1.29, 1.82) is 0 Å². The second-order valence-corrected chi connectivity index (χ2v) is 8.85. The Morgan fingerprint density at radius 2 is 1.81 bits per heavy atom. The number of amides is 1. The molecule has 162 valence electrons. The number of aromatic nitrogens is 1. The molecule has 0 bridgehead atoms. The number of hydrogen-bond donors (Lipinski definition) is 2. The van der Waals surface area contributed by atoms with Crippen molar-refractivity contribution in [2.45, 2.75) is 57.1 Å². The van der Waals surface area contributed by atoms with E-state index in [4.69, 9.17) is 11.6 Å². The molecule has 31 heavy (non-hydrogen) atoms. The van der Waals surface area contributed by atoms with Gasteiger partial charge in [-0.25, -0.2) is 0 Å². The highest BCUT2D eigenvalue weighted by atomic mass is 35.5. The number of nitrogens with zero attached hydrogens (tertiary/aromatic N) is 1. The molecule has 1 aromatic heterocycles. The van der Waals surface area contributed by atoms with Crippen molar-refractivity contribution in [1.82, 2.24) is 4.57 Å². The second-order valence-electron chi connectivity index (χ2n) is 8.44. The fourth-order valence-corrected chi connectivity index (χ4v) is 4.63. The van der Waals surface area contributed by atoms with Gasteiger partial charge in [-0.3, -0.25) is 9.59 Å². The lowest BCUT2D eigenvalue weighted by molar-refractivity contribution is -0.116. The van der Waals surface area contributed by atoms with Gasteiger partial charge in [-0.15, -0.1) is 0 Å². The summed E-state index contributed by atoms with van der Waals surface area (Å²) in [5.41, 5.74) is 0.576. The molecule has 0 aliphatic heterocycles.